The van der Waals surface area contributed by atoms with Crippen molar-refractivity contribution in [3.63, 3.8) is 0 Å². The summed E-state index contributed by atoms with van der Waals surface area (Å²) in [4.78, 5) is 0. The summed E-state index contributed by atoms with van der Waals surface area (Å²) in [6.45, 7) is 4.58. The van der Waals surface area contributed by atoms with Crippen molar-refractivity contribution in [2.24, 2.45) is 11.7 Å². The highest BCUT2D eigenvalue weighted by Gasteiger charge is 2.28. The van der Waals surface area contributed by atoms with Gasteiger partial charge in [-0.05, 0) is 19.0 Å². The van der Waals surface area contributed by atoms with Crippen molar-refractivity contribution in [2.45, 2.75) is 12.8 Å². The van der Waals surface area contributed by atoms with Crippen LogP contribution in [0.3, 0.4) is 0 Å². The molecular weight excluding hydrogens is 174 g/mol. The Hall–Kier alpha value is -0.860. The Labute approximate surface area is 85.1 Å². The maximum atomic E-state index is 5.81. The summed E-state index contributed by atoms with van der Waals surface area (Å²) in [5.74, 6) is 1.10. The van der Waals surface area contributed by atoms with Gasteiger partial charge in [-0.2, -0.15) is 0 Å². The zero-order valence-corrected chi connectivity index (χ0v) is 8.57. The summed E-state index contributed by atoms with van der Waals surface area (Å²) < 4.78 is 5.21. The van der Waals surface area contributed by atoms with Gasteiger partial charge in [0.25, 0.3) is 0 Å². The highest BCUT2D eigenvalue weighted by atomic mass is 16.5. The summed E-state index contributed by atoms with van der Waals surface area (Å²) in [5.41, 5.74) is 8.48. The van der Waals surface area contributed by atoms with E-state index in [1.807, 2.05) is 0 Å². The molecule has 0 aliphatic carbocycles. The Kier molecular flexibility index (Phi) is 2.85. The second-order valence-electron chi connectivity index (χ2n) is 4.05. The van der Waals surface area contributed by atoms with Crippen LogP contribution in [0.2, 0.25) is 0 Å². The molecule has 1 saturated heterocycles. The molecule has 1 heterocycles. The summed E-state index contributed by atoms with van der Waals surface area (Å²) in [6.07, 6.45) is 0. The minimum absolute atomic E-state index is 0.476. The van der Waals surface area contributed by atoms with Crippen LogP contribution in [0, 0.1) is 12.8 Å². The van der Waals surface area contributed by atoms with Crippen LogP contribution in [0.4, 0.5) is 0 Å². The topological polar surface area (TPSA) is 35.2 Å². The molecule has 2 rings (SSSR count). The lowest BCUT2D eigenvalue weighted by molar-refractivity contribution is -0.0437. The lowest BCUT2D eigenvalue weighted by Gasteiger charge is -2.33. The predicted molar refractivity (Wildman–Crippen MR) is 57.3 cm³/mol. The SMILES string of the molecule is Cc1cccc(C(CN)C2COC2)c1. The molecule has 0 radical (unpaired) electrons. The van der Waals surface area contributed by atoms with Gasteiger partial charge in [-0.3, -0.25) is 0 Å². The first-order valence-electron chi connectivity index (χ1n) is 5.15. The van der Waals surface area contributed by atoms with E-state index in [0.717, 1.165) is 19.8 Å². The Morgan fingerprint density at radius 1 is 1.50 bits per heavy atom. The van der Waals surface area contributed by atoms with Crippen LogP contribution in [0.1, 0.15) is 17.0 Å². The quantitative estimate of drug-likeness (QED) is 0.789. The molecule has 0 saturated carbocycles. The van der Waals surface area contributed by atoms with E-state index in [9.17, 15) is 0 Å². The fourth-order valence-corrected chi connectivity index (χ4v) is 1.99. The van der Waals surface area contributed by atoms with E-state index >= 15 is 0 Å². The molecule has 76 valence electrons. The predicted octanol–water partition coefficient (Wildman–Crippen LogP) is 1.68. The Morgan fingerprint density at radius 2 is 2.29 bits per heavy atom. The first-order chi connectivity index (χ1) is 6.81. The average Bonchev–Trinajstić information content (AvgIpc) is 2.10. The second-order valence-corrected chi connectivity index (χ2v) is 4.05. The minimum atomic E-state index is 0.476. The van der Waals surface area contributed by atoms with E-state index in [1.165, 1.54) is 11.1 Å². The maximum absolute atomic E-state index is 5.81. The Morgan fingerprint density at radius 3 is 2.79 bits per heavy atom. The van der Waals surface area contributed by atoms with Crippen LogP contribution in [0.25, 0.3) is 0 Å². The van der Waals surface area contributed by atoms with Crippen molar-refractivity contribution in [1.29, 1.82) is 0 Å². The van der Waals surface area contributed by atoms with Gasteiger partial charge in [-0.15, -0.1) is 0 Å². The van der Waals surface area contributed by atoms with Crippen LogP contribution in [0.15, 0.2) is 24.3 Å². The van der Waals surface area contributed by atoms with Gasteiger partial charge in [0, 0.05) is 11.8 Å². The Bertz CT molecular complexity index is 307. The van der Waals surface area contributed by atoms with E-state index in [4.69, 9.17) is 10.5 Å². The maximum Gasteiger partial charge on any atom is 0.0522 e. The second kappa shape index (κ2) is 4.11. The monoisotopic (exact) mass is 191 g/mol. The molecular formula is C12H17NO. The third-order valence-electron chi connectivity index (χ3n) is 2.96. The molecule has 1 aliphatic rings. The zero-order chi connectivity index (χ0) is 9.97. The van der Waals surface area contributed by atoms with E-state index in [2.05, 4.69) is 31.2 Å². The lowest BCUT2D eigenvalue weighted by Crippen LogP contribution is -2.36. The molecule has 1 fully saturated rings. The molecule has 14 heavy (non-hydrogen) atoms. The number of hydrogen-bond donors (Lipinski definition) is 1. The van der Waals surface area contributed by atoms with Gasteiger partial charge < -0.3 is 10.5 Å². The lowest BCUT2D eigenvalue weighted by atomic mass is 9.84. The molecule has 0 aromatic heterocycles. The van der Waals surface area contributed by atoms with E-state index < -0.39 is 0 Å². The summed E-state index contributed by atoms with van der Waals surface area (Å²) >= 11 is 0. The van der Waals surface area contributed by atoms with E-state index in [-0.39, 0.29) is 0 Å². The van der Waals surface area contributed by atoms with E-state index in [0.29, 0.717) is 11.8 Å². The molecule has 0 amide bonds. The Balaban J connectivity index is 2.17. The molecule has 0 bridgehead atoms. The van der Waals surface area contributed by atoms with Crippen molar-refractivity contribution >= 4 is 0 Å². The third-order valence-corrected chi connectivity index (χ3v) is 2.96. The molecule has 2 nitrogen and oxygen atoms in total. The first kappa shape index (κ1) is 9.69. The number of ether oxygens (including phenoxy) is 1. The number of benzene rings is 1. The highest BCUT2D eigenvalue weighted by Crippen LogP contribution is 2.29. The highest BCUT2D eigenvalue weighted by molar-refractivity contribution is 5.26. The normalized spacial score (nSPS) is 19.0. The summed E-state index contributed by atoms with van der Waals surface area (Å²) in [5, 5.41) is 0. The summed E-state index contributed by atoms with van der Waals surface area (Å²) in [7, 11) is 0. The zero-order valence-electron chi connectivity index (χ0n) is 8.57. The standard InChI is InChI=1S/C12H17NO/c1-9-3-2-4-10(5-9)12(6-13)11-7-14-8-11/h2-5,11-12H,6-8,13H2,1H3. The van der Waals surface area contributed by atoms with Crippen molar-refractivity contribution in [1.82, 2.24) is 0 Å². The number of rotatable bonds is 3. The number of aryl methyl sites for hydroxylation is 1. The van der Waals surface area contributed by atoms with Crippen LogP contribution >= 0.6 is 0 Å². The van der Waals surface area contributed by atoms with Crippen molar-refractivity contribution < 1.29 is 4.74 Å². The fourth-order valence-electron chi connectivity index (χ4n) is 1.99. The molecule has 2 N–H and O–H groups in total. The molecule has 2 heteroatoms. The third kappa shape index (κ3) is 1.81. The van der Waals surface area contributed by atoms with E-state index in [1.54, 1.807) is 0 Å². The number of hydrogen-bond acceptors (Lipinski definition) is 2. The van der Waals surface area contributed by atoms with Gasteiger partial charge in [0.1, 0.15) is 0 Å². The van der Waals surface area contributed by atoms with Crippen molar-refractivity contribution in [3.8, 4) is 0 Å². The average molecular weight is 191 g/mol. The smallest absolute Gasteiger partial charge is 0.0522 e. The van der Waals surface area contributed by atoms with Gasteiger partial charge in [0.2, 0.25) is 0 Å². The van der Waals surface area contributed by atoms with Crippen molar-refractivity contribution in [3.05, 3.63) is 35.4 Å². The van der Waals surface area contributed by atoms with Crippen molar-refractivity contribution in [2.75, 3.05) is 19.8 Å². The molecule has 0 spiro atoms. The number of nitrogens with two attached hydrogens (primary N) is 1. The van der Waals surface area contributed by atoms with Gasteiger partial charge in [-0.25, -0.2) is 0 Å². The minimum Gasteiger partial charge on any atom is -0.381 e. The van der Waals surface area contributed by atoms with Crippen LogP contribution in [-0.2, 0) is 4.74 Å². The van der Waals surface area contributed by atoms with Crippen LogP contribution in [0.5, 0.6) is 0 Å². The van der Waals surface area contributed by atoms with Gasteiger partial charge in [-0.1, -0.05) is 29.8 Å². The molecule has 1 aromatic rings. The molecule has 1 atom stereocenters. The van der Waals surface area contributed by atoms with Crippen LogP contribution < -0.4 is 5.73 Å². The van der Waals surface area contributed by atoms with Crippen LogP contribution in [-0.4, -0.2) is 19.8 Å². The van der Waals surface area contributed by atoms with Gasteiger partial charge in [0.05, 0.1) is 13.2 Å². The molecule has 1 unspecified atom stereocenters. The summed E-state index contributed by atoms with van der Waals surface area (Å²) in [6, 6.07) is 8.62. The largest absolute Gasteiger partial charge is 0.381 e. The van der Waals surface area contributed by atoms with Gasteiger partial charge in [0.15, 0.2) is 0 Å². The fraction of sp³-hybridized carbons (Fsp3) is 0.500. The van der Waals surface area contributed by atoms with Gasteiger partial charge >= 0.3 is 0 Å². The first-order valence-corrected chi connectivity index (χ1v) is 5.15. The molecule has 1 aliphatic heterocycles. The molecule has 1 aromatic carbocycles.